The lowest BCUT2D eigenvalue weighted by atomic mass is 10.0. The van der Waals surface area contributed by atoms with Gasteiger partial charge in [0.25, 0.3) is 0 Å². The summed E-state index contributed by atoms with van der Waals surface area (Å²) in [6.07, 6.45) is 0. The zero-order chi connectivity index (χ0) is 8.97. The summed E-state index contributed by atoms with van der Waals surface area (Å²) < 4.78 is 5.29. The van der Waals surface area contributed by atoms with Crippen LogP contribution in [-0.4, -0.2) is 43.8 Å². The summed E-state index contributed by atoms with van der Waals surface area (Å²) >= 11 is 0. The van der Waals surface area contributed by atoms with Crippen LogP contribution in [0.15, 0.2) is 0 Å². The Morgan fingerprint density at radius 2 is 1.92 bits per heavy atom. The first-order valence-electron chi connectivity index (χ1n) is 4.77. The SMILES string of the molecule is CC(CN)C(C)N1CCOCC1. The smallest absolute Gasteiger partial charge is 0.0594 e. The molecule has 1 aliphatic rings. The average molecular weight is 172 g/mol. The number of rotatable bonds is 3. The molecule has 3 nitrogen and oxygen atoms in total. The Balaban J connectivity index is 2.33. The van der Waals surface area contributed by atoms with Gasteiger partial charge in [0.15, 0.2) is 0 Å². The summed E-state index contributed by atoms with van der Waals surface area (Å²) in [6.45, 7) is 9.11. The Kier molecular flexibility index (Phi) is 3.98. The second-order valence-electron chi connectivity index (χ2n) is 3.60. The Bertz CT molecular complexity index is 124. The first-order valence-corrected chi connectivity index (χ1v) is 4.77. The van der Waals surface area contributed by atoms with Gasteiger partial charge >= 0.3 is 0 Å². The van der Waals surface area contributed by atoms with Crippen LogP contribution in [0.1, 0.15) is 13.8 Å². The third-order valence-electron chi connectivity index (χ3n) is 2.82. The van der Waals surface area contributed by atoms with E-state index < -0.39 is 0 Å². The third-order valence-corrected chi connectivity index (χ3v) is 2.82. The summed E-state index contributed by atoms with van der Waals surface area (Å²) in [5, 5.41) is 0. The molecule has 1 rings (SSSR count). The molecule has 1 aliphatic heterocycles. The lowest BCUT2D eigenvalue weighted by Gasteiger charge is -2.35. The minimum atomic E-state index is 0.586. The van der Waals surface area contributed by atoms with Crippen LogP contribution in [0.3, 0.4) is 0 Å². The maximum atomic E-state index is 5.62. The minimum absolute atomic E-state index is 0.586. The highest BCUT2D eigenvalue weighted by Gasteiger charge is 2.20. The molecule has 1 saturated heterocycles. The van der Waals surface area contributed by atoms with E-state index in [1.54, 1.807) is 0 Å². The fourth-order valence-corrected chi connectivity index (χ4v) is 1.54. The van der Waals surface area contributed by atoms with E-state index in [2.05, 4.69) is 18.7 Å². The van der Waals surface area contributed by atoms with Crippen molar-refractivity contribution in [3.05, 3.63) is 0 Å². The monoisotopic (exact) mass is 172 g/mol. The van der Waals surface area contributed by atoms with Gasteiger partial charge in [0.05, 0.1) is 13.2 Å². The van der Waals surface area contributed by atoms with Crippen molar-refractivity contribution in [2.45, 2.75) is 19.9 Å². The van der Waals surface area contributed by atoms with Gasteiger partial charge in [-0.1, -0.05) is 6.92 Å². The second-order valence-corrected chi connectivity index (χ2v) is 3.60. The topological polar surface area (TPSA) is 38.5 Å². The van der Waals surface area contributed by atoms with Gasteiger partial charge in [-0.25, -0.2) is 0 Å². The predicted molar refractivity (Wildman–Crippen MR) is 50.1 cm³/mol. The van der Waals surface area contributed by atoms with Crippen LogP contribution in [0.4, 0.5) is 0 Å². The van der Waals surface area contributed by atoms with E-state index in [1.165, 1.54) is 0 Å². The first-order chi connectivity index (χ1) is 5.75. The van der Waals surface area contributed by atoms with Crippen molar-refractivity contribution in [2.24, 2.45) is 11.7 Å². The summed E-state index contributed by atoms with van der Waals surface area (Å²) in [4.78, 5) is 2.46. The average Bonchev–Trinajstić information content (AvgIpc) is 2.17. The fourth-order valence-electron chi connectivity index (χ4n) is 1.54. The summed E-state index contributed by atoms with van der Waals surface area (Å²) in [7, 11) is 0. The highest BCUT2D eigenvalue weighted by atomic mass is 16.5. The Hall–Kier alpha value is -0.120. The molecule has 2 unspecified atom stereocenters. The molecule has 0 aromatic rings. The summed E-state index contributed by atoms with van der Waals surface area (Å²) in [5.41, 5.74) is 5.62. The minimum Gasteiger partial charge on any atom is -0.379 e. The summed E-state index contributed by atoms with van der Waals surface area (Å²) in [6, 6.07) is 0.596. The van der Waals surface area contributed by atoms with Crippen molar-refractivity contribution in [3.8, 4) is 0 Å². The number of morpholine rings is 1. The highest BCUT2D eigenvalue weighted by molar-refractivity contribution is 4.74. The molecule has 0 saturated carbocycles. The number of nitrogens with zero attached hydrogens (tertiary/aromatic N) is 1. The van der Waals surface area contributed by atoms with E-state index in [9.17, 15) is 0 Å². The van der Waals surface area contributed by atoms with Gasteiger partial charge in [0, 0.05) is 19.1 Å². The molecule has 0 aliphatic carbocycles. The second kappa shape index (κ2) is 4.80. The standard InChI is InChI=1S/C9H20N2O/c1-8(7-10)9(2)11-3-5-12-6-4-11/h8-9H,3-7,10H2,1-2H3. The van der Waals surface area contributed by atoms with Gasteiger partial charge in [-0.15, -0.1) is 0 Å². The Morgan fingerprint density at radius 3 is 2.42 bits per heavy atom. The third kappa shape index (κ3) is 2.44. The molecule has 3 heteroatoms. The van der Waals surface area contributed by atoms with E-state index in [1.807, 2.05) is 0 Å². The van der Waals surface area contributed by atoms with Gasteiger partial charge in [-0.3, -0.25) is 4.90 Å². The molecule has 0 spiro atoms. The number of ether oxygens (including phenoxy) is 1. The molecule has 1 heterocycles. The molecular weight excluding hydrogens is 152 g/mol. The quantitative estimate of drug-likeness (QED) is 0.665. The van der Waals surface area contributed by atoms with Crippen LogP contribution in [0.2, 0.25) is 0 Å². The molecular formula is C9H20N2O. The van der Waals surface area contributed by atoms with Gasteiger partial charge in [-0.2, -0.15) is 0 Å². The number of hydrogen-bond acceptors (Lipinski definition) is 3. The zero-order valence-corrected chi connectivity index (χ0v) is 8.12. The molecule has 12 heavy (non-hydrogen) atoms. The van der Waals surface area contributed by atoms with Gasteiger partial charge in [-0.05, 0) is 19.4 Å². The van der Waals surface area contributed by atoms with Crippen LogP contribution >= 0.6 is 0 Å². The van der Waals surface area contributed by atoms with E-state index in [0.717, 1.165) is 32.8 Å². The van der Waals surface area contributed by atoms with E-state index in [-0.39, 0.29) is 0 Å². The largest absolute Gasteiger partial charge is 0.379 e. The molecule has 72 valence electrons. The van der Waals surface area contributed by atoms with Gasteiger partial charge in [0.1, 0.15) is 0 Å². The molecule has 1 fully saturated rings. The maximum Gasteiger partial charge on any atom is 0.0594 e. The van der Waals surface area contributed by atoms with Crippen molar-refractivity contribution in [1.29, 1.82) is 0 Å². The summed E-state index contributed by atoms with van der Waals surface area (Å²) in [5.74, 6) is 0.586. The van der Waals surface area contributed by atoms with E-state index >= 15 is 0 Å². The fraction of sp³-hybridized carbons (Fsp3) is 1.00. The number of hydrogen-bond donors (Lipinski definition) is 1. The van der Waals surface area contributed by atoms with Crippen molar-refractivity contribution >= 4 is 0 Å². The van der Waals surface area contributed by atoms with Crippen molar-refractivity contribution in [2.75, 3.05) is 32.8 Å². The lowest BCUT2D eigenvalue weighted by Crippen LogP contribution is -2.46. The van der Waals surface area contributed by atoms with Crippen LogP contribution in [0, 0.1) is 5.92 Å². The highest BCUT2D eigenvalue weighted by Crippen LogP contribution is 2.11. The zero-order valence-electron chi connectivity index (χ0n) is 8.12. The van der Waals surface area contributed by atoms with E-state index in [0.29, 0.717) is 12.0 Å². The molecule has 2 N–H and O–H groups in total. The first kappa shape index (κ1) is 9.96. The molecule has 0 bridgehead atoms. The van der Waals surface area contributed by atoms with Crippen molar-refractivity contribution in [3.63, 3.8) is 0 Å². The molecule has 0 radical (unpaired) electrons. The molecule has 0 aromatic heterocycles. The van der Waals surface area contributed by atoms with Crippen LogP contribution in [0.5, 0.6) is 0 Å². The van der Waals surface area contributed by atoms with Crippen LogP contribution in [-0.2, 0) is 4.74 Å². The Labute approximate surface area is 74.9 Å². The Morgan fingerprint density at radius 1 is 1.33 bits per heavy atom. The van der Waals surface area contributed by atoms with Gasteiger partial charge in [0.2, 0.25) is 0 Å². The number of nitrogens with two attached hydrogens (primary N) is 1. The molecule has 0 amide bonds. The molecule has 0 aromatic carbocycles. The van der Waals surface area contributed by atoms with Crippen LogP contribution in [0.25, 0.3) is 0 Å². The lowest BCUT2D eigenvalue weighted by molar-refractivity contribution is 0.01000. The van der Waals surface area contributed by atoms with Crippen molar-refractivity contribution < 1.29 is 4.74 Å². The van der Waals surface area contributed by atoms with E-state index in [4.69, 9.17) is 10.5 Å². The van der Waals surface area contributed by atoms with Gasteiger partial charge < -0.3 is 10.5 Å². The van der Waals surface area contributed by atoms with Crippen molar-refractivity contribution in [1.82, 2.24) is 4.90 Å². The normalized spacial score (nSPS) is 25.2. The van der Waals surface area contributed by atoms with Crippen LogP contribution < -0.4 is 5.73 Å². The predicted octanol–water partition coefficient (Wildman–Crippen LogP) is 0.302. The maximum absolute atomic E-state index is 5.62. The molecule has 2 atom stereocenters.